The second-order valence-electron chi connectivity index (χ2n) is 7.07. The highest BCUT2D eigenvalue weighted by Crippen LogP contribution is 2.26. The maximum atomic E-state index is 12.8. The summed E-state index contributed by atoms with van der Waals surface area (Å²) in [6.07, 6.45) is -3.09. The van der Waals surface area contributed by atoms with Gasteiger partial charge in [-0.1, -0.05) is 30.3 Å². The highest BCUT2D eigenvalue weighted by Gasteiger charge is 2.31. The molecular formula is C22H27F4NO3. The van der Waals surface area contributed by atoms with E-state index >= 15 is 0 Å². The molecule has 0 spiro atoms. The van der Waals surface area contributed by atoms with Crippen LogP contribution in [0, 0.1) is 0 Å². The summed E-state index contributed by atoms with van der Waals surface area (Å²) in [4.78, 5) is 2.02. The third-order valence-electron chi connectivity index (χ3n) is 4.34. The van der Waals surface area contributed by atoms with Crippen molar-refractivity contribution in [2.24, 2.45) is 0 Å². The normalized spacial score (nSPS) is 12.8. The molecule has 0 N–H and O–H groups in total. The van der Waals surface area contributed by atoms with Crippen LogP contribution in [0.15, 0.2) is 48.5 Å². The molecule has 0 aliphatic carbocycles. The van der Waals surface area contributed by atoms with Crippen LogP contribution in [-0.4, -0.2) is 45.1 Å². The van der Waals surface area contributed by atoms with Crippen molar-refractivity contribution >= 4 is 0 Å². The van der Waals surface area contributed by atoms with Gasteiger partial charge in [0.15, 0.2) is 6.86 Å². The average molecular weight is 429 g/mol. The van der Waals surface area contributed by atoms with Crippen LogP contribution < -0.4 is 9.47 Å². The molecule has 1 atom stereocenters. The molecule has 0 aliphatic heterocycles. The molecule has 0 saturated carbocycles. The van der Waals surface area contributed by atoms with Gasteiger partial charge in [0.05, 0.1) is 0 Å². The lowest BCUT2D eigenvalue weighted by atomic mass is 10.0. The van der Waals surface area contributed by atoms with Gasteiger partial charge in [-0.15, -0.1) is 13.2 Å². The lowest BCUT2D eigenvalue weighted by molar-refractivity contribution is -0.274. The molecule has 4 nitrogen and oxygen atoms in total. The molecule has 0 radical (unpaired) electrons. The SMILES string of the molecule is CN(C)CCC[C@@H](OCF)Oc1ccccc1CCc1cccc(OC(F)(F)F)c1. The van der Waals surface area contributed by atoms with E-state index in [4.69, 9.17) is 9.47 Å². The van der Waals surface area contributed by atoms with E-state index in [1.165, 1.54) is 18.2 Å². The maximum absolute atomic E-state index is 12.8. The largest absolute Gasteiger partial charge is 0.573 e. The number of hydrogen-bond donors (Lipinski definition) is 0. The first-order chi connectivity index (χ1) is 14.3. The van der Waals surface area contributed by atoms with Gasteiger partial charge < -0.3 is 19.1 Å². The van der Waals surface area contributed by atoms with Crippen molar-refractivity contribution in [3.63, 3.8) is 0 Å². The molecule has 0 bridgehead atoms. The number of nitrogens with zero attached hydrogens (tertiary/aromatic N) is 1. The Hall–Kier alpha value is -2.32. The number of para-hydroxylation sites is 1. The van der Waals surface area contributed by atoms with Crippen molar-refractivity contribution in [3.8, 4) is 11.5 Å². The minimum Gasteiger partial charge on any atom is -0.465 e. The first kappa shape index (κ1) is 24.0. The third kappa shape index (κ3) is 9.00. The number of ether oxygens (including phenoxy) is 3. The van der Waals surface area contributed by atoms with Gasteiger partial charge in [0, 0.05) is 6.42 Å². The van der Waals surface area contributed by atoms with Crippen molar-refractivity contribution in [1.82, 2.24) is 4.90 Å². The van der Waals surface area contributed by atoms with E-state index in [1.807, 2.05) is 37.2 Å². The van der Waals surface area contributed by atoms with Crippen LogP contribution >= 0.6 is 0 Å². The van der Waals surface area contributed by atoms with Crippen LogP contribution in [0.5, 0.6) is 11.5 Å². The molecule has 0 saturated heterocycles. The van der Waals surface area contributed by atoms with Crippen LogP contribution in [-0.2, 0) is 17.6 Å². The summed E-state index contributed by atoms with van der Waals surface area (Å²) >= 11 is 0. The summed E-state index contributed by atoms with van der Waals surface area (Å²) in [6, 6.07) is 13.2. The quantitative estimate of drug-likeness (QED) is 0.336. The summed E-state index contributed by atoms with van der Waals surface area (Å²) in [7, 11) is 3.91. The topological polar surface area (TPSA) is 30.9 Å². The number of benzene rings is 2. The lowest BCUT2D eigenvalue weighted by Gasteiger charge is -2.21. The molecule has 166 valence electrons. The van der Waals surface area contributed by atoms with Crippen LogP contribution in [0.2, 0.25) is 0 Å². The highest BCUT2D eigenvalue weighted by molar-refractivity contribution is 5.35. The van der Waals surface area contributed by atoms with Crippen LogP contribution in [0.4, 0.5) is 17.6 Å². The molecule has 30 heavy (non-hydrogen) atoms. The Morgan fingerprint density at radius 1 is 1.00 bits per heavy atom. The Bertz CT molecular complexity index is 768. The molecule has 0 heterocycles. The molecule has 0 unspecified atom stereocenters. The molecule has 2 aromatic rings. The van der Waals surface area contributed by atoms with E-state index in [9.17, 15) is 17.6 Å². The number of rotatable bonds is 12. The Balaban J connectivity index is 2.01. The fourth-order valence-electron chi connectivity index (χ4n) is 2.96. The molecule has 2 aromatic carbocycles. The van der Waals surface area contributed by atoms with E-state index < -0.39 is 19.5 Å². The first-order valence-corrected chi connectivity index (χ1v) is 9.68. The third-order valence-corrected chi connectivity index (χ3v) is 4.34. The first-order valence-electron chi connectivity index (χ1n) is 9.68. The standard InChI is InChI=1S/C22H27F4NO3/c1-27(2)14-6-11-21(28-16-23)29-20-10-4-3-8-18(20)13-12-17-7-5-9-19(15-17)30-22(24,25)26/h3-5,7-10,15,21H,6,11-14,16H2,1-2H3/t21-/m0/s1. The van der Waals surface area contributed by atoms with Gasteiger partial charge in [0.25, 0.3) is 0 Å². The second kappa shape index (κ2) is 11.8. The zero-order valence-corrected chi connectivity index (χ0v) is 17.1. The van der Waals surface area contributed by atoms with Crippen molar-refractivity contribution in [2.75, 3.05) is 27.5 Å². The van der Waals surface area contributed by atoms with Crippen molar-refractivity contribution < 1.29 is 31.8 Å². The van der Waals surface area contributed by atoms with E-state index in [-0.39, 0.29) is 5.75 Å². The molecule has 8 heteroatoms. The van der Waals surface area contributed by atoms with Crippen molar-refractivity contribution in [3.05, 3.63) is 59.7 Å². The highest BCUT2D eigenvalue weighted by atomic mass is 19.4. The van der Waals surface area contributed by atoms with Crippen molar-refractivity contribution in [2.45, 2.75) is 38.3 Å². The van der Waals surface area contributed by atoms with Gasteiger partial charge in [-0.25, -0.2) is 4.39 Å². The van der Waals surface area contributed by atoms with Gasteiger partial charge in [-0.2, -0.15) is 0 Å². The predicted octanol–water partition coefficient (Wildman–Crippen LogP) is 5.36. The molecule has 2 rings (SSSR count). The van der Waals surface area contributed by atoms with Crippen LogP contribution in [0.3, 0.4) is 0 Å². The molecule has 0 amide bonds. The molecule has 0 aromatic heterocycles. The minimum atomic E-state index is -4.73. The fraction of sp³-hybridized carbons (Fsp3) is 0.455. The maximum Gasteiger partial charge on any atom is 0.573 e. The summed E-state index contributed by atoms with van der Waals surface area (Å²) in [5.41, 5.74) is 1.56. The second-order valence-corrected chi connectivity index (χ2v) is 7.07. The van der Waals surface area contributed by atoms with Gasteiger partial charge >= 0.3 is 6.36 Å². The lowest BCUT2D eigenvalue weighted by Crippen LogP contribution is -2.23. The fourth-order valence-corrected chi connectivity index (χ4v) is 2.96. The summed E-state index contributed by atoms with van der Waals surface area (Å²) in [5.74, 6) is 0.324. The van der Waals surface area contributed by atoms with E-state index in [2.05, 4.69) is 4.74 Å². The van der Waals surface area contributed by atoms with Gasteiger partial charge in [0.1, 0.15) is 11.5 Å². The number of hydrogen-bond acceptors (Lipinski definition) is 4. The Morgan fingerprint density at radius 2 is 1.77 bits per heavy atom. The summed E-state index contributed by atoms with van der Waals surface area (Å²) in [6.45, 7) is -0.117. The minimum absolute atomic E-state index is 0.248. The number of halogens is 4. The van der Waals surface area contributed by atoms with E-state index in [0.29, 0.717) is 30.6 Å². The van der Waals surface area contributed by atoms with Gasteiger partial charge in [-0.3, -0.25) is 0 Å². The molecular weight excluding hydrogens is 402 g/mol. The van der Waals surface area contributed by atoms with Crippen molar-refractivity contribution in [1.29, 1.82) is 0 Å². The van der Waals surface area contributed by atoms with Gasteiger partial charge in [-0.05, 0) is 69.2 Å². The number of alkyl halides is 4. The smallest absolute Gasteiger partial charge is 0.465 e. The Labute approximate surface area is 174 Å². The average Bonchev–Trinajstić information content (AvgIpc) is 2.66. The van der Waals surface area contributed by atoms with E-state index in [1.54, 1.807) is 12.1 Å². The Morgan fingerprint density at radius 3 is 2.47 bits per heavy atom. The Kier molecular flexibility index (Phi) is 9.39. The van der Waals surface area contributed by atoms with Crippen LogP contribution in [0.1, 0.15) is 24.0 Å². The summed E-state index contributed by atoms with van der Waals surface area (Å²) in [5, 5.41) is 0. The van der Waals surface area contributed by atoms with Gasteiger partial charge in [0.2, 0.25) is 6.29 Å². The predicted molar refractivity (Wildman–Crippen MR) is 106 cm³/mol. The summed E-state index contributed by atoms with van der Waals surface area (Å²) < 4.78 is 64.9. The zero-order chi connectivity index (χ0) is 22.0. The zero-order valence-electron chi connectivity index (χ0n) is 17.1. The number of aryl methyl sites for hydroxylation is 2. The monoisotopic (exact) mass is 429 g/mol. The molecule has 0 fully saturated rings. The van der Waals surface area contributed by atoms with Crippen LogP contribution in [0.25, 0.3) is 0 Å². The van der Waals surface area contributed by atoms with E-state index in [0.717, 1.165) is 18.5 Å². The molecule has 0 aliphatic rings.